The molecule has 0 N–H and O–H groups in total. The molecule has 0 aromatic carbocycles. The molecule has 1 aromatic rings. The predicted molar refractivity (Wildman–Crippen MR) is 41.3 cm³/mol. The zero-order valence-electron chi connectivity index (χ0n) is 6.99. The van der Waals surface area contributed by atoms with E-state index in [-0.39, 0.29) is 6.29 Å². The number of carbonyl (C=O) groups excluding carboxylic acids is 1. The molecule has 0 aliphatic carbocycles. The topological polar surface area (TPSA) is 73.1 Å². The largest absolute Gasteiger partial charge is 0.434 e. The molecule has 0 atom stereocenters. The molecule has 15 heavy (non-hydrogen) atoms. The number of rotatable bonds is 2. The Morgan fingerprint density at radius 1 is 1.47 bits per heavy atom. The summed E-state index contributed by atoms with van der Waals surface area (Å²) in [5.41, 5.74) is -3.52. The summed E-state index contributed by atoms with van der Waals surface area (Å²) in [5, 5.41) is 10.3. The molecule has 0 aliphatic rings. The smallest absolute Gasteiger partial charge is 0.298 e. The van der Waals surface area contributed by atoms with Gasteiger partial charge in [-0.05, 0) is 0 Å². The Bertz CT molecular complexity index is 416. The van der Waals surface area contributed by atoms with E-state index in [1.807, 2.05) is 0 Å². The van der Waals surface area contributed by atoms with E-state index in [9.17, 15) is 28.1 Å². The molecule has 0 radical (unpaired) electrons. The lowest BCUT2D eigenvalue weighted by molar-refractivity contribution is -0.385. The van der Waals surface area contributed by atoms with Crippen molar-refractivity contribution < 1.29 is 22.9 Å². The summed E-state index contributed by atoms with van der Waals surface area (Å²) in [4.78, 5) is 22.5. The Labute approximate surface area is 80.7 Å². The standard InChI is InChI=1S/C7H3F3N2O3/c8-7(9,10)6-4(3-13)5(12(14)15)1-2-11-6/h1-3H. The fraction of sp³-hybridized carbons (Fsp3) is 0.143. The van der Waals surface area contributed by atoms with Crippen molar-refractivity contribution in [2.24, 2.45) is 0 Å². The van der Waals surface area contributed by atoms with Crippen molar-refractivity contribution in [2.45, 2.75) is 6.18 Å². The van der Waals surface area contributed by atoms with Crippen LogP contribution < -0.4 is 0 Å². The van der Waals surface area contributed by atoms with Gasteiger partial charge in [0.15, 0.2) is 12.0 Å². The first kappa shape index (κ1) is 11.1. The van der Waals surface area contributed by atoms with Crippen LogP contribution in [0.1, 0.15) is 16.1 Å². The quantitative estimate of drug-likeness (QED) is 0.433. The minimum Gasteiger partial charge on any atom is -0.298 e. The first-order chi connectivity index (χ1) is 6.88. The number of alkyl halides is 3. The average molecular weight is 220 g/mol. The van der Waals surface area contributed by atoms with Gasteiger partial charge in [0.05, 0.1) is 4.92 Å². The maximum atomic E-state index is 12.2. The monoisotopic (exact) mass is 220 g/mol. The zero-order chi connectivity index (χ0) is 11.6. The van der Waals surface area contributed by atoms with Crippen LogP contribution in [-0.4, -0.2) is 16.2 Å². The summed E-state index contributed by atoms with van der Waals surface area (Å²) in [6.07, 6.45) is -4.48. The minimum absolute atomic E-state index is 0.228. The fourth-order valence-corrected chi connectivity index (χ4v) is 0.964. The van der Waals surface area contributed by atoms with Crippen molar-refractivity contribution in [3.8, 4) is 0 Å². The number of nitro groups is 1. The van der Waals surface area contributed by atoms with Crippen LogP contribution >= 0.6 is 0 Å². The second-order valence-corrected chi connectivity index (χ2v) is 2.47. The van der Waals surface area contributed by atoms with E-state index >= 15 is 0 Å². The van der Waals surface area contributed by atoms with Crippen LogP contribution in [0.4, 0.5) is 18.9 Å². The van der Waals surface area contributed by atoms with Crippen molar-refractivity contribution in [2.75, 3.05) is 0 Å². The molecule has 0 spiro atoms. The van der Waals surface area contributed by atoms with Crippen molar-refractivity contribution in [3.05, 3.63) is 33.6 Å². The molecule has 0 fully saturated rings. The molecule has 8 heteroatoms. The molecule has 1 heterocycles. The molecule has 0 unspecified atom stereocenters. The highest BCUT2D eigenvalue weighted by Gasteiger charge is 2.38. The van der Waals surface area contributed by atoms with Crippen LogP contribution in [-0.2, 0) is 6.18 Å². The van der Waals surface area contributed by atoms with E-state index in [1.165, 1.54) is 0 Å². The molecule has 1 aromatic heterocycles. The van der Waals surface area contributed by atoms with Crippen LogP contribution in [0.25, 0.3) is 0 Å². The summed E-state index contributed by atoms with van der Waals surface area (Å²) in [6.45, 7) is 0. The van der Waals surface area contributed by atoms with Gasteiger partial charge in [-0.3, -0.25) is 19.9 Å². The molecular weight excluding hydrogens is 217 g/mol. The van der Waals surface area contributed by atoms with Gasteiger partial charge in [-0.15, -0.1) is 0 Å². The maximum Gasteiger partial charge on any atom is 0.434 e. The lowest BCUT2D eigenvalue weighted by Gasteiger charge is -2.07. The SMILES string of the molecule is O=Cc1c([N+](=O)[O-])ccnc1C(F)(F)F. The van der Waals surface area contributed by atoms with Gasteiger partial charge in [0.1, 0.15) is 5.56 Å². The number of hydrogen-bond acceptors (Lipinski definition) is 4. The summed E-state index contributed by atoms with van der Waals surface area (Å²) >= 11 is 0. The Balaban J connectivity index is 3.48. The summed E-state index contributed by atoms with van der Waals surface area (Å²) in [7, 11) is 0. The van der Waals surface area contributed by atoms with Gasteiger partial charge in [0.25, 0.3) is 5.69 Å². The van der Waals surface area contributed by atoms with E-state index in [0.717, 1.165) is 6.07 Å². The molecule has 0 amide bonds. The molecule has 0 saturated heterocycles. The first-order valence-electron chi connectivity index (χ1n) is 3.53. The Morgan fingerprint density at radius 2 is 2.07 bits per heavy atom. The first-order valence-corrected chi connectivity index (χ1v) is 3.53. The van der Waals surface area contributed by atoms with E-state index in [1.54, 1.807) is 0 Å². The van der Waals surface area contributed by atoms with Crippen molar-refractivity contribution >= 4 is 12.0 Å². The van der Waals surface area contributed by atoms with Crippen molar-refractivity contribution in [1.29, 1.82) is 0 Å². The number of aromatic nitrogens is 1. The zero-order valence-corrected chi connectivity index (χ0v) is 6.99. The van der Waals surface area contributed by atoms with Crippen LogP contribution in [0.5, 0.6) is 0 Å². The number of pyridine rings is 1. The van der Waals surface area contributed by atoms with Gasteiger partial charge >= 0.3 is 6.18 Å². The molecule has 1 rings (SSSR count). The van der Waals surface area contributed by atoms with Gasteiger partial charge < -0.3 is 0 Å². The van der Waals surface area contributed by atoms with E-state index in [2.05, 4.69) is 4.98 Å². The number of halogens is 3. The van der Waals surface area contributed by atoms with Crippen LogP contribution in [0.15, 0.2) is 12.3 Å². The molecule has 0 saturated carbocycles. The Morgan fingerprint density at radius 3 is 2.47 bits per heavy atom. The highest BCUT2D eigenvalue weighted by molar-refractivity contribution is 5.83. The van der Waals surface area contributed by atoms with Gasteiger partial charge in [0, 0.05) is 12.3 Å². The molecular formula is C7H3F3N2O3. The number of nitrogens with zero attached hydrogens (tertiary/aromatic N) is 2. The van der Waals surface area contributed by atoms with Crippen LogP contribution in [0.2, 0.25) is 0 Å². The maximum absolute atomic E-state index is 12.2. The van der Waals surface area contributed by atoms with Gasteiger partial charge in [0.2, 0.25) is 0 Å². The average Bonchev–Trinajstić information content (AvgIpc) is 2.15. The second-order valence-electron chi connectivity index (χ2n) is 2.47. The Kier molecular flexibility index (Phi) is 2.69. The van der Waals surface area contributed by atoms with E-state index in [4.69, 9.17) is 0 Å². The molecule has 5 nitrogen and oxygen atoms in total. The molecule has 80 valence electrons. The summed E-state index contributed by atoms with van der Waals surface area (Å²) in [5.74, 6) is 0. The van der Waals surface area contributed by atoms with Gasteiger partial charge in [-0.1, -0.05) is 0 Å². The van der Waals surface area contributed by atoms with Crippen molar-refractivity contribution in [3.63, 3.8) is 0 Å². The number of carbonyl (C=O) groups is 1. The van der Waals surface area contributed by atoms with Gasteiger partial charge in [-0.2, -0.15) is 13.2 Å². The van der Waals surface area contributed by atoms with Crippen LogP contribution in [0, 0.1) is 10.1 Å². The fourth-order valence-electron chi connectivity index (χ4n) is 0.964. The second kappa shape index (κ2) is 3.64. The van der Waals surface area contributed by atoms with Crippen molar-refractivity contribution in [1.82, 2.24) is 4.98 Å². The third kappa shape index (κ3) is 2.09. The predicted octanol–water partition coefficient (Wildman–Crippen LogP) is 1.82. The lowest BCUT2D eigenvalue weighted by atomic mass is 10.1. The van der Waals surface area contributed by atoms with Crippen LogP contribution in [0.3, 0.4) is 0 Å². The number of hydrogen-bond donors (Lipinski definition) is 0. The van der Waals surface area contributed by atoms with E-state index in [0.29, 0.717) is 6.20 Å². The summed E-state index contributed by atoms with van der Waals surface area (Å²) < 4.78 is 36.7. The summed E-state index contributed by atoms with van der Waals surface area (Å²) in [6, 6.07) is 0.735. The van der Waals surface area contributed by atoms with Gasteiger partial charge in [-0.25, -0.2) is 0 Å². The normalized spacial score (nSPS) is 11.1. The highest BCUT2D eigenvalue weighted by atomic mass is 19.4. The number of aldehydes is 1. The molecule has 0 aliphatic heterocycles. The Hall–Kier alpha value is -1.99. The third-order valence-corrected chi connectivity index (χ3v) is 1.55. The highest BCUT2D eigenvalue weighted by Crippen LogP contribution is 2.32. The lowest BCUT2D eigenvalue weighted by Crippen LogP contribution is -2.13. The molecule has 0 bridgehead atoms. The third-order valence-electron chi connectivity index (χ3n) is 1.55. The van der Waals surface area contributed by atoms with E-state index < -0.39 is 28.0 Å². The minimum atomic E-state index is -4.89.